The van der Waals surface area contributed by atoms with E-state index in [-0.39, 0.29) is 23.5 Å². The third-order valence-corrected chi connectivity index (χ3v) is 5.00. The Balaban J connectivity index is 1.57. The molecular formula is C24H21N5O3. The number of amides is 1. The molecule has 8 nitrogen and oxygen atoms in total. The summed E-state index contributed by atoms with van der Waals surface area (Å²) < 4.78 is 1.84. The first-order valence-corrected chi connectivity index (χ1v) is 9.99. The lowest BCUT2D eigenvalue weighted by Crippen LogP contribution is -2.23. The number of aromatic nitrogens is 2. The molecular weight excluding hydrogens is 406 g/mol. The van der Waals surface area contributed by atoms with Crippen molar-refractivity contribution in [1.82, 2.24) is 15.1 Å². The van der Waals surface area contributed by atoms with Crippen LogP contribution in [-0.2, 0) is 13.1 Å². The van der Waals surface area contributed by atoms with E-state index in [1.165, 1.54) is 18.2 Å². The molecule has 0 aliphatic heterocycles. The maximum Gasteiger partial charge on any atom is 0.292 e. The molecule has 0 fully saturated rings. The number of benzene rings is 3. The zero-order valence-electron chi connectivity index (χ0n) is 17.1. The molecule has 32 heavy (non-hydrogen) atoms. The van der Waals surface area contributed by atoms with Gasteiger partial charge >= 0.3 is 0 Å². The van der Waals surface area contributed by atoms with Gasteiger partial charge in [-0.1, -0.05) is 60.7 Å². The van der Waals surface area contributed by atoms with Gasteiger partial charge < -0.3 is 11.1 Å². The minimum Gasteiger partial charge on any atom is -0.393 e. The van der Waals surface area contributed by atoms with Crippen LogP contribution in [0.1, 0.15) is 21.5 Å². The first-order chi connectivity index (χ1) is 15.5. The quantitative estimate of drug-likeness (QED) is 0.263. The Hall–Kier alpha value is -4.46. The number of hydrogen-bond donors (Lipinski definition) is 2. The van der Waals surface area contributed by atoms with Crippen molar-refractivity contribution in [2.24, 2.45) is 0 Å². The van der Waals surface area contributed by atoms with Gasteiger partial charge in [0, 0.05) is 35.5 Å². The molecule has 1 heterocycles. The van der Waals surface area contributed by atoms with Gasteiger partial charge in [-0.25, -0.2) is 0 Å². The van der Waals surface area contributed by atoms with Crippen LogP contribution in [0.15, 0.2) is 85.1 Å². The van der Waals surface area contributed by atoms with Crippen molar-refractivity contribution in [3.05, 3.63) is 112 Å². The Kier molecular flexibility index (Phi) is 5.94. The molecule has 0 unspecified atom stereocenters. The molecule has 3 aromatic carbocycles. The highest BCUT2D eigenvalue weighted by Crippen LogP contribution is 2.24. The third kappa shape index (κ3) is 4.65. The van der Waals surface area contributed by atoms with Gasteiger partial charge in [0.15, 0.2) is 0 Å². The van der Waals surface area contributed by atoms with Crippen LogP contribution in [0.2, 0.25) is 0 Å². The van der Waals surface area contributed by atoms with Crippen molar-refractivity contribution in [3.8, 4) is 11.3 Å². The monoisotopic (exact) mass is 427 g/mol. The van der Waals surface area contributed by atoms with E-state index >= 15 is 0 Å². The van der Waals surface area contributed by atoms with E-state index in [0.717, 1.165) is 22.4 Å². The lowest BCUT2D eigenvalue weighted by Gasteiger charge is -2.06. The number of anilines is 1. The first-order valence-electron chi connectivity index (χ1n) is 9.99. The molecule has 160 valence electrons. The van der Waals surface area contributed by atoms with Gasteiger partial charge in [-0.2, -0.15) is 5.10 Å². The van der Waals surface area contributed by atoms with Crippen LogP contribution in [0.25, 0.3) is 11.3 Å². The summed E-state index contributed by atoms with van der Waals surface area (Å²) in [5.41, 5.74) is 9.17. The summed E-state index contributed by atoms with van der Waals surface area (Å²) in [6.45, 7) is 0.814. The first kappa shape index (κ1) is 20.8. The number of rotatable bonds is 7. The fourth-order valence-corrected chi connectivity index (χ4v) is 3.40. The summed E-state index contributed by atoms with van der Waals surface area (Å²) in [4.78, 5) is 23.2. The number of nitrogen functional groups attached to an aromatic ring is 1. The summed E-state index contributed by atoms with van der Waals surface area (Å²) >= 11 is 0. The van der Waals surface area contributed by atoms with Crippen molar-refractivity contribution in [3.63, 3.8) is 0 Å². The number of nitrogens with zero attached hydrogens (tertiary/aromatic N) is 3. The number of nitro benzene ring substituents is 1. The second kappa shape index (κ2) is 9.13. The van der Waals surface area contributed by atoms with Crippen LogP contribution in [0.3, 0.4) is 0 Å². The number of hydrogen-bond acceptors (Lipinski definition) is 5. The molecule has 0 atom stereocenters. The van der Waals surface area contributed by atoms with Gasteiger partial charge in [0.2, 0.25) is 0 Å². The van der Waals surface area contributed by atoms with Crippen LogP contribution >= 0.6 is 0 Å². The highest BCUT2D eigenvalue weighted by Gasteiger charge is 2.17. The van der Waals surface area contributed by atoms with Gasteiger partial charge in [-0.3, -0.25) is 19.6 Å². The largest absolute Gasteiger partial charge is 0.393 e. The van der Waals surface area contributed by atoms with Crippen molar-refractivity contribution in [2.75, 3.05) is 5.73 Å². The Bertz CT molecular complexity index is 1250. The highest BCUT2D eigenvalue weighted by atomic mass is 16.6. The zero-order valence-corrected chi connectivity index (χ0v) is 17.1. The van der Waals surface area contributed by atoms with E-state index in [1.807, 2.05) is 71.5 Å². The Morgan fingerprint density at radius 3 is 2.41 bits per heavy atom. The predicted molar refractivity (Wildman–Crippen MR) is 122 cm³/mol. The van der Waals surface area contributed by atoms with Crippen molar-refractivity contribution in [1.29, 1.82) is 0 Å². The molecule has 1 aromatic heterocycles. The Morgan fingerprint density at radius 1 is 1.03 bits per heavy atom. The van der Waals surface area contributed by atoms with Crippen LogP contribution in [0.4, 0.5) is 11.4 Å². The molecule has 3 N–H and O–H groups in total. The van der Waals surface area contributed by atoms with E-state index in [9.17, 15) is 14.9 Å². The Morgan fingerprint density at radius 2 is 1.72 bits per heavy atom. The molecule has 0 saturated carbocycles. The van der Waals surface area contributed by atoms with Gasteiger partial charge in [0.1, 0.15) is 5.69 Å². The number of nitrogens with two attached hydrogens (primary N) is 1. The SMILES string of the molecule is Nc1ccc(C(=O)NCc2cn(Cc3ccccc3)nc2-c2ccccc2)cc1[N+](=O)[O-]. The maximum absolute atomic E-state index is 12.6. The summed E-state index contributed by atoms with van der Waals surface area (Å²) in [6, 6.07) is 23.7. The molecule has 0 bridgehead atoms. The van der Waals surface area contributed by atoms with E-state index in [0.29, 0.717) is 6.54 Å². The van der Waals surface area contributed by atoms with Crippen LogP contribution in [0, 0.1) is 10.1 Å². The van der Waals surface area contributed by atoms with Crippen LogP contribution < -0.4 is 11.1 Å². The molecule has 1 amide bonds. The van der Waals surface area contributed by atoms with Crippen molar-refractivity contribution >= 4 is 17.3 Å². The minimum atomic E-state index is -0.604. The summed E-state index contributed by atoms with van der Waals surface area (Å²) in [5, 5.41) is 18.7. The summed E-state index contributed by atoms with van der Waals surface area (Å²) in [5.74, 6) is -0.428. The average Bonchev–Trinajstić information content (AvgIpc) is 3.21. The number of carbonyl (C=O) groups is 1. The predicted octanol–water partition coefficient (Wildman–Crippen LogP) is 4.02. The van der Waals surface area contributed by atoms with Crippen molar-refractivity contribution < 1.29 is 9.72 Å². The van der Waals surface area contributed by atoms with Crippen LogP contribution in [-0.4, -0.2) is 20.6 Å². The molecule has 0 aliphatic rings. The standard InChI is InChI=1S/C24H21N5O3/c25-21-12-11-19(13-22(21)29(31)32)24(30)26-14-20-16-28(15-17-7-3-1-4-8-17)27-23(20)18-9-5-2-6-10-18/h1-13,16H,14-15,25H2,(H,26,30). The van der Waals surface area contributed by atoms with Gasteiger partial charge in [-0.15, -0.1) is 0 Å². The van der Waals surface area contributed by atoms with Gasteiger partial charge in [-0.05, 0) is 17.7 Å². The molecule has 4 aromatic rings. The fraction of sp³-hybridized carbons (Fsp3) is 0.0833. The lowest BCUT2D eigenvalue weighted by molar-refractivity contribution is -0.383. The second-order valence-corrected chi connectivity index (χ2v) is 7.27. The third-order valence-electron chi connectivity index (χ3n) is 5.00. The van der Waals surface area contributed by atoms with E-state index in [2.05, 4.69) is 5.32 Å². The molecule has 8 heteroatoms. The average molecular weight is 427 g/mol. The topological polar surface area (TPSA) is 116 Å². The van der Waals surface area contributed by atoms with Gasteiger partial charge in [0.25, 0.3) is 11.6 Å². The van der Waals surface area contributed by atoms with E-state index in [1.54, 1.807) is 0 Å². The van der Waals surface area contributed by atoms with Gasteiger partial charge in [0.05, 0.1) is 17.2 Å². The van der Waals surface area contributed by atoms with E-state index < -0.39 is 10.8 Å². The zero-order chi connectivity index (χ0) is 22.5. The molecule has 0 radical (unpaired) electrons. The molecule has 0 spiro atoms. The summed E-state index contributed by atoms with van der Waals surface area (Å²) in [6.07, 6.45) is 1.90. The number of carbonyl (C=O) groups excluding carboxylic acids is 1. The van der Waals surface area contributed by atoms with Crippen molar-refractivity contribution in [2.45, 2.75) is 13.1 Å². The van der Waals surface area contributed by atoms with E-state index in [4.69, 9.17) is 10.8 Å². The molecule has 4 rings (SSSR count). The minimum absolute atomic E-state index is 0.0140. The molecule has 0 aliphatic carbocycles. The highest BCUT2D eigenvalue weighted by molar-refractivity contribution is 5.95. The number of nitro groups is 1. The number of nitrogens with one attached hydrogen (secondary N) is 1. The lowest BCUT2D eigenvalue weighted by atomic mass is 10.1. The fourth-order valence-electron chi connectivity index (χ4n) is 3.40. The smallest absolute Gasteiger partial charge is 0.292 e. The van der Waals surface area contributed by atoms with Crippen LogP contribution in [0.5, 0.6) is 0 Å². The summed E-state index contributed by atoms with van der Waals surface area (Å²) in [7, 11) is 0. The Labute approximate surface area is 184 Å². The normalized spacial score (nSPS) is 10.6. The second-order valence-electron chi connectivity index (χ2n) is 7.27. The maximum atomic E-state index is 12.6. The molecule has 0 saturated heterocycles.